The van der Waals surface area contributed by atoms with Gasteiger partial charge in [0.15, 0.2) is 15.7 Å². The number of nitrogens with zero attached hydrogens (tertiary/aromatic N) is 2. The Morgan fingerprint density at radius 2 is 2.04 bits per heavy atom. The molecule has 1 N–H and O–H groups in total. The predicted octanol–water partition coefficient (Wildman–Crippen LogP) is 2.09. The van der Waals surface area contributed by atoms with Gasteiger partial charge in [-0.1, -0.05) is 25.8 Å². The quantitative estimate of drug-likeness (QED) is 0.725. The number of halogens is 1. The molecule has 0 radical (unpaired) electrons. The van der Waals surface area contributed by atoms with E-state index in [1.807, 2.05) is 39.4 Å². The van der Waals surface area contributed by atoms with Gasteiger partial charge in [0.2, 0.25) is 5.88 Å². The maximum Gasteiger partial charge on any atom is 0.211 e. The van der Waals surface area contributed by atoms with Crippen molar-refractivity contribution in [2.45, 2.75) is 58.0 Å². The summed E-state index contributed by atoms with van der Waals surface area (Å²) < 4.78 is 22.3. The summed E-state index contributed by atoms with van der Waals surface area (Å²) in [5.74, 6) is 1.20. The molecule has 2 aromatic rings. The maximum absolute atomic E-state index is 13.8. The van der Waals surface area contributed by atoms with Crippen LogP contribution in [-0.2, 0) is 18.5 Å². The lowest BCUT2D eigenvalue weighted by Gasteiger charge is -2.29. The van der Waals surface area contributed by atoms with Crippen LogP contribution in [0.5, 0.6) is 5.88 Å². The molecule has 7 heteroatoms. The van der Waals surface area contributed by atoms with Gasteiger partial charge in [-0.05, 0) is 55.5 Å². The van der Waals surface area contributed by atoms with Crippen molar-refractivity contribution in [3.05, 3.63) is 46.9 Å². The zero-order chi connectivity index (χ0) is 19.4. The summed E-state index contributed by atoms with van der Waals surface area (Å²) in [6.07, 6.45) is 5.13. The van der Waals surface area contributed by atoms with Crippen LogP contribution in [-0.4, -0.2) is 32.0 Å². The van der Waals surface area contributed by atoms with E-state index in [9.17, 15) is 4.39 Å². The van der Waals surface area contributed by atoms with E-state index in [4.69, 9.17) is 9.84 Å². The SMILES string of the molecule is BC(B)(Oc1cc(CNCC)nn1CC1CCCC1)c1cc(F)ccc1C. The average Bonchev–Trinajstić information content (AvgIpc) is 3.25. The predicted molar refractivity (Wildman–Crippen MR) is 112 cm³/mol. The maximum atomic E-state index is 13.8. The summed E-state index contributed by atoms with van der Waals surface area (Å²) in [6.45, 7) is 6.60. The molecule has 0 amide bonds. The summed E-state index contributed by atoms with van der Waals surface area (Å²) in [5.41, 5.74) is 2.87. The third-order valence-corrected chi connectivity index (χ3v) is 5.46. The van der Waals surface area contributed by atoms with E-state index in [1.165, 1.54) is 31.7 Å². The fraction of sp³-hybridized carbons (Fsp3) is 0.550. The van der Waals surface area contributed by atoms with E-state index < -0.39 is 5.40 Å². The fourth-order valence-electron chi connectivity index (χ4n) is 4.00. The molecule has 1 saturated carbocycles. The molecule has 3 rings (SSSR count). The minimum Gasteiger partial charge on any atom is -0.486 e. The first-order valence-corrected chi connectivity index (χ1v) is 10.1. The minimum absolute atomic E-state index is 0.237. The normalized spacial score (nSPS) is 15.4. The van der Waals surface area contributed by atoms with Crippen molar-refractivity contribution in [3.8, 4) is 5.88 Å². The van der Waals surface area contributed by atoms with Crippen LogP contribution in [0.3, 0.4) is 0 Å². The van der Waals surface area contributed by atoms with Gasteiger partial charge in [-0.2, -0.15) is 5.10 Å². The number of aryl methyl sites for hydroxylation is 1. The number of rotatable bonds is 8. The van der Waals surface area contributed by atoms with E-state index in [0.29, 0.717) is 5.92 Å². The van der Waals surface area contributed by atoms with Gasteiger partial charge in [-0.3, -0.25) is 0 Å². The van der Waals surface area contributed by atoms with Gasteiger partial charge in [0, 0.05) is 19.2 Å². The first-order chi connectivity index (χ1) is 12.9. The fourth-order valence-corrected chi connectivity index (χ4v) is 4.00. The second-order valence-corrected chi connectivity index (χ2v) is 8.16. The molecule has 144 valence electrons. The van der Waals surface area contributed by atoms with Crippen molar-refractivity contribution in [2.75, 3.05) is 6.54 Å². The molecule has 4 nitrogen and oxygen atoms in total. The van der Waals surface area contributed by atoms with Crippen LogP contribution in [0.4, 0.5) is 4.39 Å². The Morgan fingerprint density at radius 1 is 1.30 bits per heavy atom. The lowest BCUT2D eigenvalue weighted by Crippen LogP contribution is -2.36. The van der Waals surface area contributed by atoms with Gasteiger partial charge in [-0.25, -0.2) is 9.07 Å². The van der Waals surface area contributed by atoms with Crippen molar-refractivity contribution in [3.63, 3.8) is 0 Å². The minimum atomic E-state index is -0.644. The lowest BCUT2D eigenvalue weighted by atomic mass is 9.60. The molecule has 1 heterocycles. The molecule has 0 atom stereocenters. The third kappa shape index (κ3) is 4.95. The molecule has 1 aromatic carbocycles. The van der Waals surface area contributed by atoms with Crippen molar-refractivity contribution in [2.24, 2.45) is 5.92 Å². The van der Waals surface area contributed by atoms with Crippen molar-refractivity contribution in [1.29, 1.82) is 0 Å². The summed E-state index contributed by atoms with van der Waals surface area (Å²) in [7, 11) is 3.98. The summed E-state index contributed by atoms with van der Waals surface area (Å²) >= 11 is 0. The first kappa shape index (κ1) is 20.0. The number of hydrogen-bond donors (Lipinski definition) is 1. The summed E-state index contributed by atoms with van der Waals surface area (Å²) in [5, 5.41) is 7.47. The van der Waals surface area contributed by atoms with E-state index in [1.54, 1.807) is 6.07 Å². The van der Waals surface area contributed by atoms with Gasteiger partial charge in [0.25, 0.3) is 0 Å². The van der Waals surface area contributed by atoms with Crippen LogP contribution in [0, 0.1) is 18.7 Å². The Morgan fingerprint density at radius 3 is 2.74 bits per heavy atom. The molecular weight excluding hydrogens is 339 g/mol. The summed E-state index contributed by atoms with van der Waals surface area (Å²) in [6, 6.07) is 6.90. The van der Waals surface area contributed by atoms with E-state index in [2.05, 4.69) is 12.2 Å². The molecule has 0 spiro atoms. The Hall–Kier alpha value is -1.75. The molecule has 27 heavy (non-hydrogen) atoms. The largest absolute Gasteiger partial charge is 0.486 e. The van der Waals surface area contributed by atoms with Crippen LogP contribution in [0.25, 0.3) is 0 Å². The third-order valence-electron chi connectivity index (χ3n) is 5.46. The van der Waals surface area contributed by atoms with E-state index >= 15 is 0 Å². The number of aromatic nitrogens is 2. The van der Waals surface area contributed by atoms with Crippen LogP contribution >= 0.6 is 0 Å². The van der Waals surface area contributed by atoms with Crippen LogP contribution < -0.4 is 10.1 Å². The molecule has 0 saturated heterocycles. The Kier molecular flexibility index (Phi) is 6.30. The Labute approximate surface area is 163 Å². The second-order valence-electron chi connectivity index (χ2n) is 8.16. The highest BCUT2D eigenvalue weighted by molar-refractivity contribution is 6.39. The van der Waals surface area contributed by atoms with Crippen LogP contribution in [0.15, 0.2) is 24.3 Å². The molecule has 0 bridgehead atoms. The van der Waals surface area contributed by atoms with E-state index in [0.717, 1.165) is 42.3 Å². The number of nitrogens with one attached hydrogen (secondary N) is 1. The zero-order valence-electron chi connectivity index (χ0n) is 17.0. The van der Waals surface area contributed by atoms with Gasteiger partial charge in [-0.15, -0.1) is 0 Å². The van der Waals surface area contributed by atoms with Gasteiger partial charge < -0.3 is 10.1 Å². The molecular formula is C20H30B2FN3O. The topological polar surface area (TPSA) is 39.1 Å². The van der Waals surface area contributed by atoms with E-state index in [-0.39, 0.29) is 5.82 Å². The number of hydrogen-bond acceptors (Lipinski definition) is 3. The van der Waals surface area contributed by atoms with Crippen LogP contribution in [0.2, 0.25) is 0 Å². The molecule has 1 aliphatic carbocycles. The first-order valence-electron chi connectivity index (χ1n) is 10.1. The molecule has 0 unspecified atom stereocenters. The highest BCUT2D eigenvalue weighted by Crippen LogP contribution is 2.30. The number of benzene rings is 1. The smallest absolute Gasteiger partial charge is 0.211 e. The van der Waals surface area contributed by atoms with Gasteiger partial charge in [0.1, 0.15) is 5.82 Å². The van der Waals surface area contributed by atoms with Crippen molar-refractivity contribution < 1.29 is 9.13 Å². The monoisotopic (exact) mass is 369 g/mol. The highest BCUT2D eigenvalue weighted by atomic mass is 19.1. The second kappa shape index (κ2) is 8.51. The Bertz CT molecular complexity index is 773. The molecule has 1 aromatic heterocycles. The van der Waals surface area contributed by atoms with Crippen LogP contribution in [0.1, 0.15) is 49.4 Å². The average molecular weight is 369 g/mol. The standard InChI is InChI=1S/C20H30B2FN3O/c1-3-24-12-17-11-19(26(25-17)13-15-6-4-5-7-15)27-20(21,22)18-10-16(23)9-8-14(18)2/h8-11,15,24H,3-7,12-13,21-22H2,1-2H3. The van der Waals surface area contributed by atoms with Gasteiger partial charge in [0.05, 0.1) is 11.1 Å². The summed E-state index contributed by atoms with van der Waals surface area (Å²) in [4.78, 5) is 0. The molecule has 1 fully saturated rings. The zero-order valence-corrected chi connectivity index (χ0v) is 17.0. The highest BCUT2D eigenvalue weighted by Gasteiger charge is 2.28. The van der Waals surface area contributed by atoms with Crippen molar-refractivity contribution >= 4 is 15.7 Å². The lowest BCUT2D eigenvalue weighted by molar-refractivity contribution is 0.211. The molecule has 0 aliphatic heterocycles. The van der Waals surface area contributed by atoms with Gasteiger partial charge >= 0.3 is 0 Å². The number of ether oxygens (including phenoxy) is 1. The molecule has 1 aliphatic rings. The van der Waals surface area contributed by atoms with Crippen molar-refractivity contribution in [1.82, 2.24) is 15.1 Å². The Balaban J connectivity index is 1.86.